The molecule has 1 aliphatic rings. The molecule has 1 aliphatic carbocycles. The molecule has 0 aliphatic heterocycles. The summed E-state index contributed by atoms with van der Waals surface area (Å²) < 4.78 is 0. The largest absolute Gasteiger partial charge is 0.352 e. The third kappa shape index (κ3) is 5.22. The van der Waals surface area contributed by atoms with Gasteiger partial charge >= 0.3 is 0 Å². The lowest BCUT2D eigenvalue weighted by molar-refractivity contribution is -0.128. The van der Waals surface area contributed by atoms with E-state index in [9.17, 15) is 4.79 Å². The molecule has 0 heterocycles. The second kappa shape index (κ2) is 8.16. The highest BCUT2D eigenvalue weighted by molar-refractivity contribution is 5.86. The molecular formula is C19H31ClN2O. The molecule has 1 unspecified atom stereocenters. The van der Waals surface area contributed by atoms with Gasteiger partial charge in [0.05, 0.1) is 5.54 Å². The molecule has 4 heteroatoms. The molecule has 0 aromatic heterocycles. The van der Waals surface area contributed by atoms with Gasteiger partial charge in [-0.15, -0.1) is 12.4 Å². The predicted octanol–water partition coefficient (Wildman–Crippen LogP) is 3.94. The molecule has 1 amide bonds. The van der Waals surface area contributed by atoms with Crippen molar-refractivity contribution in [3.05, 3.63) is 35.9 Å². The lowest BCUT2D eigenvalue weighted by Crippen LogP contribution is -2.57. The Bertz CT molecular complexity index is 495. The second-order valence-corrected chi connectivity index (χ2v) is 7.55. The molecule has 1 aromatic rings. The molecule has 3 nitrogen and oxygen atoms in total. The van der Waals surface area contributed by atoms with E-state index in [4.69, 9.17) is 5.73 Å². The van der Waals surface area contributed by atoms with Gasteiger partial charge in [-0.05, 0) is 37.2 Å². The molecule has 0 bridgehead atoms. The number of benzene rings is 1. The molecule has 1 fully saturated rings. The van der Waals surface area contributed by atoms with E-state index in [2.05, 4.69) is 50.4 Å². The van der Waals surface area contributed by atoms with Crippen LogP contribution in [0.5, 0.6) is 0 Å². The quantitative estimate of drug-likeness (QED) is 0.854. The minimum Gasteiger partial charge on any atom is -0.352 e. The van der Waals surface area contributed by atoms with Crippen molar-refractivity contribution >= 4 is 18.3 Å². The van der Waals surface area contributed by atoms with Crippen LogP contribution in [0.15, 0.2) is 30.3 Å². The van der Waals surface area contributed by atoms with Gasteiger partial charge in [0.2, 0.25) is 5.91 Å². The fraction of sp³-hybridized carbons (Fsp3) is 0.632. The standard InChI is InChI=1S/C19H30N2O.ClH/c1-15(14-18(2,3)16-10-6-4-7-11-16)21-17(22)19(20)12-8-5-9-13-19;/h4,6-7,10-11,15H,5,8-9,12-14,20H2,1-3H3,(H,21,22);1H. The van der Waals surface area contributed by atoms with Crippen molar-refractivity contribution in [1.29, 1.82) is 0 Å². The van der Waals surface area contributed by atoms with Crippen LogP contribution in [0, 0.1) is 0 Å². The van der Waals surface area contributed by atoms with Gasteiger partial charge in [-0.2, -0.15) is 0 Å². The molecule has 1 saturated carbocycles. The smallest absolute Gasteiger partial charge is 0.240 e. The van der Waals surface area contributed by atoms with Gasteiger partial charge in [-0.3, -0.25) is 4.79 Å². The van der Waals surface area contributed by atoms with E-state index in [1.54, 1.807) is 0 Å². The zero-order valence-electron chi connectivity index (χ0n) is 14.6. The van der Waals surface area contributed by atoms with E-state index < -0.39 is 5.54 Å². The van der Waals surface area contributed by atoms with Crippen LogP contribution in [-0.4, -0.2) is 17.5 Å². The van der Waals surface area contributed by atoms with Crippen LogP contribution in [0.3, 0.4) is 0 Å². The molecule has 0 spiro atoms. The highest BCUT2D eigenvalue weighted by Crippen LogP contribution is 2.29. The van der Waals surface area contributed by atoms with Crippen LogP contribution in [0.2, 0.25) is 0 Å². The zero-order chi connectivity index (χ0) is 16.2. The molecule has 130 valence electrons. The summed E-state index contributed by atoms with van der Waals surface area (Å²) in [6.07, 6.45) is 5.85. The van der Waals surface area contributed by atoms with Gasteiger partial charge in [-0.25, -0.2) is 0 Å². The Labute approximate surface area is 146 Å². The van der Waals surface area contributed by atoms with E-state index >= 15 is 0 Å². The number of hydrogen-bond acceptors (Lipinski definition) is 2. The normalized spacial score (nSPS) is 18.6. The zero-order valence-corrected chi connectivity index (χ0v) is 15.4. The van der Waals surface area contributed by atoms with Crippen molar-refractivity contribution in [3.8, 4) is 0 Å². The van der Waals surface area contributed by atoms with Gasteiger partial charge in [0, 0.05) is 6.04 Å². The lowest BCUT2D eigenvalue weighted by atomic mass is 9.78. The Morgan fingerprint density at radius 3 is 2.35 bits per heavy atom. The Hall–Kier alpha value is -1.06. The second-order valence-electron chi connectivity index (χ2n) is 7.55. The maximum atomic E-state index is 12.5. The minimum absolute atomic E-state index is 0. The number of carbonyl (C=O) groups excluding carboxylic acids is 1. The van der Waals surface area contributed by atoms with Crippen molar-refractivity contribution < 1.29 is 4.79 Å². The summed E-state index contributed by atoms with van der Waals surface area (Å²) in [5.74, 6) is 0.0311. The van der Waals surface area contributed by atoms with Crippen LogP contribution >= 0.6 is 12.4 Å². The average Bonchev–Trinajstić information content (AvgIpc) is 2.48. The van der Waals surface area contributed by atoms with E-state index in [-0.39, 0.29) is 29.8 Å². The summed E-state index contributed by atoms with van der Waals surface area (Å²) in [4.78, 5) is 12.5. The minimum atomic E-state index is -0.649. The van der Waals surface area contributed by atoms with Crippen molar-refractivity contribution in [3.63, 3.8) is 0 Å². The maximum Gasteiger partial charge on any atom is 0.240 e. The SMILES string of the molecule is CC(CC(C)(C)c1ccccc1)NC(=O)C1(N)CCCCC1.Cl. The van der Waals surface area contributed by atoms with Crippen LogP contribution in [0.1, 0.15) is 64.9 Å². The van der Waals surface area contributed by atoms with E-state index in [1.165, 1.54) is 12.0 Å². The van der Waals surface area contributed by atoms with Crippen molar-refractivity contribution in [1.82, 2.24) is 5.32 Å². The lowest BCUT2D eigenvalue weighted by Gasteiger charge is -2.35. The van der Waals surface area contributed by atoms with Crippen molar-refractivity contribution in [2.45, 2.75) is 76.3 Å². The summed E-state index contributed by atoms with van der Waals surface area (Å²) in [6, 6.07) is 10.6. The number of amides is 1. The summed E-state index contributed by atoms with van der Waals surface area (Å²) >= 11 is 0. The Morgan fingerprint density at radius 2 is 1.78 bits per heavy atom. The molecule has 0 radical (unpaired) electrons. The van der Waals surface area contributed by atoms with Gasteiger partial charge in [0.15, 0.2) is 0 Å². The number of nitrogens with one attached hydrogen (secondary N) is 1. The van der Waals surface area contributed by atoms with Crippen molar-refractivity contribution in [2.75, 3.05) is 0 Å². The Morgan fingerprint density at radius 1 is 1.22 bits per heavy atom. The average molecular weight is 339 g/mol. The monoisotopic (exact) mass is 338 g/mol. The molecular weight excluding hydrogens is 308 g/mol. The Kier molecular flexibility index (Phi) is 7.09. The highest BCUT2D eigenvalue weighted by atomic mass is 35.5. The number of nitrogens with two attached hydrogens (primary N) is 1. The van der Waals surface area contributed by atoms with E-state index in [0.717, 1.165) is 32.1 Å². The number of hydrogen-bond donors (Lipinski definition) is 2. The third-order valence-electron chi connectivity index (χ3n) is 4.95. The number of carbonyl (C=O) groups is 1. The molecule has 23 heavy (non-hydrogen) atoms. The number of halogens is 1. The molecule has 3 N–H and O–H groups in total. The summed E-state index contributed by atoms with van der Waals surface area (Å²) in [6.45, 7) is 6.53. The fourth-order valence-electron chi connectivity index (χ4n) is 3.60. The first kappa shape index (κ1) is 20.0. The van der Waals surface area contributed by atoms with Gasteiger partial charge in [0.1, 0.15) is 0 Å². The molecule has 2 rings (SSSR count). The summed E-state index contributed by atoms with van der Waals surface area (Å²) in [5.41, 5.74) is 7.00. The van der Waals surface area contributed by atoms with Gasteiger partial charge < -0.3 is 11.1 Å². The Balaban J connectivity index is 0.00000264. The van der Waals surface area contributed by atoms with Crippen LogP contribution in [0.4, 0.5) is 0 Å². The van der Waals surface area contributed by atoms with Crippen LogP contribution in [0.25, 0.3) is 0 Å². The third-order valence-corrected chi connectivity index (χ3v) is 4.95. The van der Waals surface area contributed by atoms with Crippen LogP contribution < -0.4 is 11.1 Å². The number of rotatable bonds is 5. The summed E-state index contributed by atoms with van der Waals surface area (Å²) in [5, 5.41) is 3.15. The summed E-state index contributed by atoms with van der Waals surface area (Å²) in [7, 11) is 0. The topological polar surface area (TPSA) is 55.1 Å². The molecule has 0 saturated heterocycles. The van der Waals surface area contributed by atoms with E-state index in [0.29, 0.717) is 0 Å². The first-order valence-corrected chi connectivity index (χ1v) is 8.49. The highest BCUT2D eigenvalue weighted by Gasteiger charge is 2.36. The fourth-order valence-corrected chi connectivity index (χ4v) is 3.60. The predicted molar refractivity (Wildman–Crippen MR) is 98.9 cm³/mol. The van der Waals surface area contributed by atoms with Crippen LogP contribution in [-0.2, 0) is 10.2 Å². The maximum absolute atomic E-state index is 12.5. The first-order valence-electron chi connectivity index (χ1n) is 8.49. The van der Waals surface area contributed by atoms with E-state index in [1.807, 2.05) is 6.07 Å². The van der Waals surface area contributed by atoms with Gasteiger partial charge in [0.25, 0.3) is 0 Å². The molecule has 1 atom stereocenters. The molecule has 1 aromatic carbocycles. The van der Waals surface area contributed by atoms with Crippen molar-refractivity contribution in [2.24, 2.45) is 5.73 Å². The van der Waals surface area contributed by atoms with Gasteiger partial charge in [-0.1, -0.05) is 63.4 Å². The first-order chi connectivity index (χ1) is 10.3.